The van der Waals surface area contributed by atoms with Crippen molar-refractivity contribution in [3.8, 4) is 0 Å². The van der Waals surface area contributed by atoms with E-state index >= 15 is 0 Å². The van der Waals surface area contributed by atoms with Crippen molar-refractivity contribution < 1.29 is 0 Å². The molecule has 1 aromatic carbocycles. The number of hydrogen-bond donors (Lipinski definition) is 2. The molecule has 0 unspecified atom stereocenters. The second-order valence-corrected chi connectivity index (χ2v) is 5.18. The number of halogens is 1. The zero-order chi connectivity index (χ0) is 13.1. The molecule has 0 spiro atoms. The summed E-state index contributed by atoms with van der Waals surface area (Å²) >= 11 is 6.18. The lowest BCUT2D eigenvalue weighted by Gasteiger charge is -2.31. The Kier molecular flexibility index (Phi) is 4.12. The van der Waals surface area contributed by atoms with E-state index in [2.05, 4.69) is 11.8 Å². The molecule has 3 nitrogen and oxygen atoms in total. The molecular weight excluding hydrogens is 246 g/mol. The number of rotatable bonds is 4. The maximum atomic E-state index is 7.72. The van der Waals surface area contributed by atoms with E-state index in [4.69, 9.17) is 22.7 Å². The molecule has 0 aliphatic heterocycles. The van der Waals surface area contributed by atoms with Crippen LogP contribution in [0.15, 0.2) is 18.2 Å². The summed E-state index contributed by atoms with van der Waals surface area (Å²) in [6, 6.07) is 6.31. The number of nitrogens with zero attached hydrogens (tertiary/aromatic N) is 1. The first-order chi connectivity index (χ1) is 8.65. The van der Waals surface area contributed by atoms with Gasteiger partial charge in [-0.05, 0) is 31.9 Å². The lowest BCUT2D eigenvalue weighted by molar-refractivity contribution is 0.619. The number of nitrogens with one attached hydrogen (secondary N) is 1. The molecule has 1 aliphatic carbocycles. The molecule has 0 heterocycles. The number of hydrogen-bond acceptors (Lipinski definition) is 2. The third-order valence-corrected chi connectivity index (χ3v) is 3.99. The third-order valence-electron chi connectivity index (χ3n) is 3.68. The van der Waals surface area contributed by atoms with Crippen LogP contribution < -0.4 is 10.6 Å². The Bertz CT molecular complexity index is 439. The third kappa shape index (κ3) is 2.46. The van der Waals surface area contributed by atoms with Crippen LogP contribution in [0.25, 0.3) is 0 Å². The van der Waals surface area contributed by atoms with E-state index in [9.17, 15) is 0 Å². The van der Waals surface area contributed by atoms with E-state index in [0.29, 0.717) is 16.6 Å². The minimum atomic E-state index is 0.0482. The van der Waals surface area contributed by atoms with Gasteiger partial charge in [0, 0.05) is 18.3 Å². The quantitative estimate of drug-likeness (QED) is 0.648. The zero-order valence-electron chi connectivity index (χ0n) is 10.7. The highest BCUT2D eigenvalue weighted by Crippen LogP contribution is 2.33. The molecule has 0 saturated heterocycles. The van der Waals surface area contributed by atoms with Crippen LogP contribution in [-0.2, 0) is 0 Å². The van der Waals surface area contributed by atoms with Gasteiger partial charge in [0.05, 0.1) is 10.6 Å². The highest BCUT2D eigenvalue weighted by molar-refractivity contribution is 6.34. The lowest BCUT2D eigenvalue weighted by atomic mass is 10.1. The number of anilines is 1. The first-order valence-electron chi connectivity index (χ1n) is 6.54. The fourth-order valence-corrected chi connectivity index (χ4v) is 3.13. The van der Waals surface area contributed by atoms with Crippen LogP contribution in [0.5, 0.6) is 0 Å². The van der Waals surface area contributed by atoms with Crippen molar-refractivity contribution in [1.29, 1.82) is 5.41 Å². The average molecular weight is 266 g/mol. The van der Waals surface area contributed by atoms with Gasteiger partial charge in [-0.25, -0.2) is 0 Å². The molecule has 1 aliphatic rings. The molecule has 0 amide bonds. The van der Waals surface area contributed by atoms with Crippen molar-refractivity contribution in [1.82, 2.24) is 0 Å². The van der Waals surface area contributed by atoms with Gasteiger partial charge in [0.15, 0.2) is 0 Å². The molecule has 0 bridgehead atoms. The molecule has 4 heteroatoms. The SMILES string of the molecule is CCN(c1cccc(Cl)c1C(=N)N)C1CCCC1. The monoisotopic (exact) mass is 265 g/mol. The molecular formula is C14H20ClN3. The molecule has 1 aromatic rings. The van der Waals surface area contributed by atoms with Crippen molar-refractivity contribution in [2.45, 2.75) is 38.6 Å². The van der Waals surface area contributed by atoms with Gasteiger partial charge in [-0.1, -0.05) is 30.5 Å². The van der Waals surface area contributed by atoms with Crippen LogP contribution in [0.1, 0.15) is 38.2 Å². The van der Waals surface area contributed by atoms with Gasteiger partial charge in [-0.2, -0.15) is 0 Å². The van der Waals surface area contributed by atoms with Crippen LogP contribution in [-0.4, -0.2) is 18.4 Å². The molecule has 3 N–H and O–H groups in total. The largest absolute Gasteiger partial charge is 0.384 e. The fourth-order valence-electron chi connectivity index (χ4n) is 2.86. The number of amidine groups is 1. The van der Waals surface area contributed by atoms with Gasteiger partial charge in [0.1, 0.15) is 5.84 Å². The Morgan fingerprint density at radius 1 is 1.44 bits per heavy atom. The van der Waals surface area contributed by atoms with E-state index in [1.54, 1.807) is 6.07 Å². The van der Waals surface area contributed by atoms with Crippen molar-refractivity contribution in [2.75, 3.05) is 11.4 Å². The van der Waals surface area contributed by atoms with Gasteiger partial charge < -0.3 is 10.6 Å². The summed E-state index contributed by atoms with van der Waals surface area (Å²) in [6.07, 6.45) is 5.02. The van der Waals surface area contributed by atoms with Crippen LogP contribution in [0, 0.1) is 5.41 Å². The van der Waals surface area contributed by atoms with Crippen molar-refractivity contribution in [3.05, 3.63) is 28.8 Å². The summed E-state index contributed by atoms with van der Waals surface area (Å²) in [5, 5.41) is 8.29. The van der Waals surface area contributed by atoms with E-state index in [-0.39, 0.29) is 5.84 Å². The average Bonchev–Trinajstić information content (AvgIpc) is 2.83. The Labute approximate surface area is 113 Å². The number of nitrogens with two attached hydrogens (primary N) is 1. The molecule has 1 saturated carbocycles. The van der Waals surface area contributed by atoms with Crippen LogP contribution >= 0.6 is 11.6 Å². The first-order valence-corrected chi connectivity index (χ1v) is 6.92. The van der Waals surface area contributed by atoms with Crippen LogP contribution in [0.3, 0.4) is 0 Å². The maximum Gasteiger partial charge on any atom is 0.126 e. The second kappa shape index (κ2) is 5.61. The zero-order valence-corrected chi connectivity index (χ0v) is 11.5. The standard InChI is InChI=1S/C14H20ClN3/c1-2-18(10-6-3-4-7-10)12-9-5-8-11(15)13(12)14(16)17/h5,8-10H,2-4,6-7H2,1H3,(H3,16,17). The Hall–Kier alpha value is -1.22. The summed E-state index contributed by atoms with van der Waals surface area (Å²) in [5.41, 5.74) is 7.36. The van der Waals surface area contributed by atoms with Gasteiger partial charge >= 0.3 is 0 Å². The second-order valence-electron chi connectivity index (χ2n) is 4.77. The molecule has 0 radical (unpaired) electrons. The van der Waals surface area contributed by atoms with E-state index < -0.39 is 0 Å². The predicted octanol–water partition coefficient (Wildman–Crippen LogP) is 3.39. The minimum Gasteiger partial charge on any atom is -0.384 e. The smallest absolute Gasteiger partial charge is 0.126 e. The van der Waals surface area contributed by atoms with E-state index in [1.807, 2.05) is 12.1 Å². The highest BCUT2D eigenvalue weighted by Gasteiger charge is 2.24. The van der Waals surface area contributed by atoms with Crippen LogP contribution in [0.4, 0.5) is 5.69 Å². The van der Waals surface area contributed by atoms with Crippen molar-refractivity contribution in [3.63, 3.8) is 0 Å². The van der Waals surface area contributed by atoms with Crippen molar-refractivity contribution in [2.24, 2.45) is 5.73 Å². The Balaban J connectivity index is 2.41. The highest BCUT2D eigenvalue weighted by atomic mass is 35.5. The minimum absolute atomic E-state index is 0.0482. The van der Waals surface area contributed by atoms with Gasteiger partial charge in [-0.15, -0.1) is 0 Å². The lowest BCUT2D eigenvalue weighted by Crippen LogP contribution is -2.34. The first kappa shape index (κ1) is 13.2. The van der Waals surface area contributed by atoms with Gasteiger partial charge in [0.25, 0.3) is 0 Å². The fraction of sp³-hybridized carbons (Fsp3) is 0.500. The summed E-state index contributed by atoms with van der Waals surface area (Å²) in [5.74, 6) is 0.0482. The maximum absolute atomic E-state index is 7.72. The molecule has 0 aromatic heterocycles. The topological polar surface area (TPSA) is 53.1 Å². The van der Waals surface area contributed by atoms with Crippen LogP contribution in [0.2, 0.25) is 5.02 Å². The summed E-state index contributed by atoms with van der Waals surface area (Å²) in [4.78, 5) is 2.34. The Morgan fingerprint density at radius 3 is 2.67 bits per heavy atom. The van der Waals surface area contributed by atoms with Gasteiger partial charge in [0.2, 0.25) is 0 Å². The summed E-state index contributed by atoms with van der Waals surface area (Å²) < 4.78 is 0. The number of nitrogen functional groups attached to an aromatic ring is 1. The Morgan fingerprint density at radius 2 is 2.11 bits per heavy atom. The molecule has 1 fully saturated rings. The van der Waals surface area contributed by atoms with E-state index in [0.717, 1.165) is 12.2 Å². The molecule has 98 valence electrons. The van der Waals surface area contributed by atoms with Gasteiger partial charge in [-0.3, -0.25) is 5.41 Å². The predicted molar refractivity (Wildman–Crippen MR) is 77.7 cm³/mol. The molecule has 18 heavy (non-hydrogen) atoms. The summed E-state index contributed by atoms with van der Waals surface area (Å²) in [7, 11) is 0. The van der Waals surface area contributed by atoms with E-state index in [1.165, 1.54) is 25.7 Å². The summed E-state index contributed by atoms with van der Waals surface area (Å²) in [6.45, 7) is 3.06. The normalized spacial score (nSPS) is 15.9. The molecule has 0 atom stereocenters. The molecule has 2 rings (SSSR count). The van der Waals surface area contributed by atoms with Crippen molar-refractivity contribution >= 4 is 23.1 Å². The number of benzene rings is 1.